The Labute approximate surface area is 96.3 Å². The Morgan fingerprint density at radius 3 is 2.00 bits per heavy atom. The molecule has 0 fully saturated rings. The van der Waals surface area contributed by atoms with Gasteiger partial charge in [-0.15, -0.1) is 0 Å². The monoisotopic (exact) mass is 209 g/mol. The van der Waals surface area contributed by atoms with E-state index >= 15 is 0 Å². The van der Waals surface area contributed by atoms with Crippen molar-refractivity contribution in [3.05, 3.63) is 36.6 Å². The molecule has 1 nitrogen and oxygen atoms in total. The van der Waals surface area contributed by atoms with Gasteiger partial charge in [0, 0.05) is 11.9 Å². The van der Waals surface area contributed by atoms with E-state index < -0.39 is 0 Å². The van der Waals surface area contributed by atoms with Gasteiger partial charge in [0.2, 0.25) is 0 Å². The second-order valence-corrected chi connectivity index (χ2v) is 2.41. The van der Waals surface area contributed by atoms with Gasteiger partial charge in [0.15, 0.2) is 0 Å². The summed E-state index contributed by atoms with van der Waals surface area (Å²) in [6.45, 7) is 15.5. The van der Waals surface area contributed by atoms with Gasteiger partial charge >= 0.3 is 0 Å². The first-order chi connectivity index (χ1) is 7.22. The first-order valence-corrected chi connectivity index (χ1v) is 5.62. The number of nitrogens with zero attached hydrogens (tertiary/aromatic N) is 1. The Morgan fingerprint density at radius 1 is 1.27 bits per heavy atom. The molecule has 0 amide bonds. The summed E-state index contributed by atoms with van der Waals surface area (Å²) < 4.78 is 0. The summed E-state index contributed by atoms with van der Waals surface area (Å²) >= 11 is 0. The van der Waals surface area contributed by atoms with Crippen LogP contribution < -0.4 is 0 Å². The number of aliphatic imine (C=N–C) groups is 1. The van der Waals surface area contributed by atoms with Crippen LogP contribution in [0.1, 0.15) is 48.0 Å². The van der Waals surface area contributed by atoms with Gasteiger partial charge in [0.05, 0.1) is 0 Å². The second kappa shape index (κ2) is 23.1. The van der Waals surface area contributed by atoms with Crippen LogP contribution in [0.2, 0.25) is 0 Å². The number of allylic oxidation sites excluding steroid dienone is 5. The zero-order valence-corrected chi connectivity index (χ0v) is 11.2. The third-order valence-electron chi connectivity index (χ3n) is 1.22. The summed E-state index contributed by atoms with van der Waals surface area (Å²) in [6, 6.07) is 0. The van der Waals surface area contributed by atoms with E-state index in [1.54, 1.807) is 6.08 Å². The molecule has 0 saturated carbocycles. The van der Waals surface area contributed by atoms with Crippen LogP contribution in [0, 0.1) is 0 Å². The van der Waals surface area contributed by atoms with Gasteiger partial charge in [0.1, 0.15) is 0 Å². The summed E-state index contributed by atoms with van der Waals surface area (Å²) in [7, 11) is 0. The molecule has 15 heavy (non-hydrogen) atoms. The van der Waals surface area contributed by atoms with Crippen molar-refractivity contribution in [1.29, 1.82) is 0 Å². The van der Waals surface area contributed by atoms with Gasteiger partial charge in [-0.25, -0.2) is 0 Å². The number of hydrogen-bond donors (Lipinski definition) is 0. The minimum Gasteiger partial charge on any atom is -0.266 e. The Kier molecular flexibility index (Phi) is 29.9. The molecule has 0 aromatic heterocycles. The largest absolute Gasteiger partial charge is 0.266 e. The quantitative estimate of drug-likeness (QED) is 0.449. The maximum atomic E-state index is 4.10. The molecule has 1 heteroatoms. The molecule has 0 atom stereocenters. The molecule has 0 aliphatic carbocycles. The minimum atomic E-state index is 1.02. The Hall–Kier alpha value is -1.11. The highest BCUT2D eigenvalue weighted by molar-refractivity contribution is 5.58. The Morgan fingerprint density at radius 2 is 1.80 bits per heavy atom. The Balaban J connectivity index is -0.000000177. The fourth-order valence-electron chi connectivity index (χ4n) is 0.446. The summed E-state index contributed by atoms with van der Waals surface area (Å²) in [5, 5.41) is 0. The lowest BCUT2D eigenvalue weighted by Crippen LogP contribution is -1.69. The van der Waals surface area contributed by atoms with Gasteiger partial charge in [-0.2, -0.15) is 0 Å². The third-order valence-corrected chi connectivity index (χ3v) is 1.22. The van der Waals surface area contributed by atoms with Crippen LogP contribution in [0.15, 0.2) is 41.6 Å². The molecule has 0 aliphatic rings. The molecule has 0 radical (unpaired) electrons. The Bertz CT molecular complexity index is 186. The van der Waals surface area contributed by atoms with Gasteiger partial charge in [-0.05, 0) is 27.2 Å². The lowest BCUT2D eigenvalue weighted by Gasteiger charge is -1.84. The standard InChI is InChI=1S/C7H13N.C5H8.C2H6/c1-4-6-8-7(3)5-2;1-3-5-4-2;1-2/h5-6H,4H2,1-3H3;3-5H,1H2,2H3;1-2H3/b7-5+,8-6?;5-4+;. The van der Waals surface area contributed by atoms with Crippen molar-refractivity contribution in [2.45, 2.75) is 48.0 Å². The molecule has 88 valence electrons. The van der Waals surface area contributed by atoms with Crippen molar-refractivity contribution in [2.24, 2.45) is 4.99 Å². The SMILES string of the molecule is C/C=C(\C)N=CCC.C=C/C=C/C.CC. The van der Waals surface area contributed by atoms with E-state index in [9.17, 15) is 0 Å². The zero-order valence-electron chi connectivity index (χ0n) is 11.2. The van der Waals surface area contributed by atoms with Crippen LogP contribution in [-0.4, -0.2) is 6.21 Å². The van der Waals surface area contributed by atoms with Gasteiger partial charge in [-0.3, -0.25) is 4.99 Å². The third kappa shape index (κ3) is 32.2. The normalized spacial score (nSPS) is 10.4. The molecule has 0 heterocycles. The molecule has 0 N–H and O–H groups in total. The molecular formula is C14H27N. The smallest absolute Gasteiger partial charge is 0.0326 e. The van der Waals surface area contributed by atoms with Crippen molar-refractivity contribution < 1.29 is 0 Å². The highest BCUT2D eigenvalue weighted by Gasteiger charge is 1.73. The first kappa shape index (κ1) is 19.5. The average Bonchev–Trinajstić information content (AvgIpc) is 2.30. The van der Waals surface area contributed by atoms with Crippen LogP contribution in [0.4, 0.5) is 0 Å². The summed E-state index contributed by atoms with van der Waals surface area (Å²) in [4.78, 5) is 4.10. The van der Waals surface area contributed by atoms with E-state index in [1.165, 1.54) is 0 Å². The predicted molar refractivity (Wildman–Crippen MR) is 74.6 cm³/mol. The minimum absolute atomic E-state index is 1.02. The molecular weight excluding hydrogens is 182 g/mol. The average molecular weight is 209 g/mol. The lowest BCUT2D eigenvalue weighted by atomic mass is 10.4. The van der Waals surface area contributed by atoms with Crippen molar-refractivity contribution in [1.82, 2.24) is 0 Å². The fraction of sp³-hybridized carbons (Fsp3) is 0.500. The van der Waals surface area contributed by atoms with E-state index in [-0.39, 0.29) is 0 Å². The first-order valence-electron chi connectivity index (χ1n) is 5.62. The van der Waals surface area contributed by atoms with Gasteiger partial charge < -0.3 is 0 Å². The molecule has 0 rings (SSSR count). The highest BCUT2D eigenvalue weighted by atomic mass is 14.7. The number of hydrogen-bond acceptors (Lipinski definition) is 1. The molecule has 0 aliphatic heterocycles. The van der Waals surface area contributed by atoms with Crippen LogP contribution in [0.3, 0.4) is 0 Å². The highest BCUT2D eigenvalue weighted by Crippen LogP contribution is 1.90. The molecule has 0 aromatic carbocycles. The van der Waals surface area contributed by atoms with E-state index in [0.717, 1.165) is 12.1 Å². The molecule has 0 aromatic rings. The zero-order chi connectivity index (χ0) is 12.5. The van der Waals surface area contributed by atoms with E-state index in [4.69, 9.17) is 0 Å². The fourth-order valence-corrected chi connectivity index (χ4v) is 0.446. The van der Waals surface area contributed by atoms with Crippen molar-refractivity contribution in [2.75, 3.05) is 0 Å². The molecule has 0 spiro atoms. The maximum Gasteiger partial charge on any atom is 0.0326 e. The van der Waals surface area contributed by atoms with Crippen molar-refractivity contribution in [3.8, 4) is 0 Å². The maximum absolute atomic E-state index is 4.10. The van der Waals surface area contributed by atoms with Crippen LogP contribution in [-0.2, 0) is 0 Å². The molecule has 0 unspecified atom stereocenters. The molecule has 0 saturated heterocycles. The predicted octanol–water partition coefficient (Wildman–Crippen LogP) is 5.17. The van der Waals surface area contributed by atoms with Crippen LogP contribution in [0.5, 0.6) is 0 Å². The van der Waals surface area contributed by atoms with Gasteiger partial charge in [-0.1, -0.05) is 51.7 Å². The lowest BCUT2D eigenvalue weighted by molar-refractivity contribution is 1.24. The van der Waals surface area contributed by atoms with Gasteiger partial charge in [0.25, 0.3) is 0 Å². The second-order valence-electron chi connectivity index (χ2n) is 2.41. The van der Waals surface area contributed by atoms with E-state index in [0.29, 0.717) is 0 Å². The molecule has 0 bridgehead atoms. The van der Waals surface area contributed by atoms with E-state index in [1.807, 2.05) is 59.1 Å². The summed E-state index contributed by atoms with van der Waals surface area (Å²) in [5.41, 5.74) is 1.09. The van der Waals surface area contributed by atoms with Crippen molar-refractivity contribution in [3.63, 3.8) is 0 Å². The van der Waals surface area contributed by atoms with Crippen molar-refractivity contribution >= 4 is 6.21 Å². The van der Waals surface area contributed by atoms with Crippen LogP contribution in [0.25, 0.3) is 0 Å². The number of rotatable bonds is 3. The summed E-state index contributed by atoms with van der Waals surface area (Å²) in [6.07, 6.45) is 10.5. The van der Waals surface area contributed by atoms with E-state index in [2.05, 4.69) is 18.5 Å². The summed E-state index contributed by atoms with van der Waals surface area (Å²) in [5.74, 6) is 0. The topological polar surface area (TPSA) is 12.4 Å². The van der Waals surface area contributed by atoms with Crippen LogP contribution >= 0.6 is 0 Å².